The molecule has 1 aromatic carbocycles. The number of benzene rings is 1. The van der Waals surface area contributed by atoms with Crippen LogP contribution in [0.25, 0.3) is 10.2 Å². The zero-order valence-corrected chi connectivity index (χ0v) is 15.6. The van der Waals surface area contributed by atoms with Gasteiger partial charge in [-0.2, -0.15) is 5.10 Å². The number of fused-ring (bicyclic) bond motifs is 1. The minimum absolute atomic E-state index is 0.250. The summed E-state index contributed by atoms with van der Waals surface area (Å²) < 4.78 is 6.42. The number of hydrogen-bond donors (Lipinski definition) is 3. The number of carbonyl (C=O) groups excluding carboxylic acids is 1. The monoisotopic (exact) mass is 371 g/mol. The third-order valence-corrected chi connectivity index (χ3v) is 5.61. The first-order valence-corrected chi connectivity index (χ1v) is 9.48. The molecule has 0 aliphatic carbocycles. The van der Waals surface area contributed by atoms with Crippen molar-refractivity contribution in [2.24, 2.45) is 0 Å². The molecule has 0 atom stereocenters. The minimum atomic E-state index is -0.250. The van der Waals surface area contributed by atoms with Crippen LogP contribution in [0.5, 0.6) is 5.75 Å². The Hall–Kier alpha value is -2.45. The zero-order valence-electron chi connectivity index (χ0n) is 14.8. The number of rotatable bonds is 4. The van der Waals surface area contributed by atoms with E-state index in [1.807, 2.05) is 25.1 Å². The van der Waals surface area contributed by atoms with E-state index in [1.165, 1.54) is 0 Å². The van der Waals surface area contributed by atoms with Gasteiger partial charge >= 0.3 is 0 Å². The highest BCUT2D eigenvalue weighted by Crippen LogP contribution is 2.33. The number of hydrogen-bond acceptors (Lipinski definition) is 6. The van der Waals surface area contributed by atoms with Crippen LogP contribution in [0, 0.1) is 6.92 Å². The van der Waals surface area contributed by atoms with Gasteiger partial charge in [0.25, 0.3) is 5.91 Å². The first kappa shape index (κ1) is 17.0. The molecule has 26 heavy (non-hydrogen) atoms. The molecule has 4 rings (SSSR count). The fourth-order valence-corrected chi connectivity index (χ4v) is 4.17. The van der Waals surface area contributed by atoms with Gasteiger partial charge in [0.1, 0.15) is 5.75 Å². The predicted octanol–water partition coefficient (Wildman–Crippen LogP) is 3.06. The van der Waals surface area contributed by atoms with Crippen LogP contribution >= 0.6 is 11.3 Å². The van der Waals surface area contributed by atoms with Crippen LogP contribution in [0.1, 0.15) is 39.9 Å². The van der Waals surface area contributed by atoms with E-state index in [4.69, 9.17) is 4.74 Å². The number of piperidine rings is 1. The zero-order chi connectivity index (χ0) is 18.1. The Labute approximate surface area is 155 Å². The van der Waals surface area contributed by atoms with Crippen molar-refractivity contribution in [3.63, 3.8) is 0 Å². The molecule has 1 saturated heterocycles. The molecule has 3 aromatic rings. The number of ether oxygens (including phenoxy) is 1. The normalized spacial score (nSPS) is 15.3. The Bertz CT molecular complexity index is 942. The maximum Gasteiger partial charge on any atom is 0.276 e. The molecule has 3 N–H and O–H groups in total. The summed E-state index contributed by atoms with van der Waals surface area (Å²) >= 11 is 1.59. The van der Waals surface area contributed by atoms with Crippen molar-refractivity contribution >= 4 is 33.1 Å². The molecule has 3 heterocycles. The Balaban J connectivity index is 1.56. The SMILES string of the molecule is COc1cc2nc(C)sc2cc1NC(=O)c1cc(C2CCNCC2)[nH]n1. The van der Waals surface area contributed by atoms with Crippen molar-refractivity contribution in [2.75, 3.05) is 25.5 Å². The van der Waals surface area contributed by atoms with Gasteiger partial charge in [-0.15, -0.1) is 11.3 Å². The van der Waals surface area contributed by atoms with Gasteiger partial charge in [0.05, 0.1) is 28.0 Å². The summed E-state index contributed by atoms with van der Waals surface area (Å²) in [5.41, 5.74) is 2.91. The number of amides is 1. The van der Waals surface area contributed by atoms with Crippen LogP contribution in [-0.2, 0) is 0 Å². The lowest BCUT2D eigenvalue weighted by Crippen LogP contribution is -2.26. The van der Waals surface area contributed by atoms with Gasteiger partial charge in [0.2, 0.25) is 0 Å². The molecular weight excluding hydrogens is 350 g/mol. The summed E-state index contributed by atoms with van der Waals surface area (Å²) in [6.07, 6.45) is 2.11. The Morgan fingerprint density at radius 1 is 1.31 bits per heavy atom. The molecule has 136 valence electrons. The summed E-state index contributed by atoms with van der Waals surface area (Å²) in [5, 5.41) is 14.5. The fourth-order valence-electron chi connectivity index (χ4n) is 3.32. The van der Waals surface area contributed by atoms with E-state index in [-0.39, 0.29) is 5.91 Å². The average molecular weight is 371 g/mol. The molecule has 7 nitrogen and oxygen atoms in total. The average Bonchev–Trinajstić information content (AvgIpc) is 3.27. The molecule has 0 bridgehead atoms. The van der Waals surface area contributed by atoms with Crippen molar-refractivity contribution in [1.29, 1.82) is 0 Å². The Morgan fingerprint density at radius 2 is 2.12 bits per heavy atom. The van der Waals surface area contributed by atoms with Gasteiger partial charge in [0.15, 0.2) is 5.69 Å². The highest BCUT2D eigenvalue weighted by Gasteiger charge is 2.20. The lowest BCUT2D eigenvalue weighted by molar-refractivity contribution is 0.102. The van der Waals surface area contributed by atoms with E-state index < -0.39 is 0 Å². The van der Waals surface area contributed by atoms with E-state index in [2.05, 4.69) is 25.8 Å². The number of anilines is 1. The summed E-state index contributed by atoms with van der Waals surface area (Å²) in [7, 11) is 1.58. The van der Waals surface area contributed by atoms with Crippen molar-refractivity contribution in [1.82, 2.24) is 20.5 Å². The first-order chi connectivity index (χ1) is 12.6. The number of methoxy groups -OCH3 is 1. The maximum atomic E-state index is 12.6. The van der Waals surface area contributed by atoms with Crippen LogP contribution in [-0.4, -0.2) is 41.3 Å². The Morgan fingerprint density at radius 3 is 2.88 bits per heavy atom. The molecule has 8 heteroatoms. The molecule has 0 spiro atoms. The summed E-state index contributed by atoms with van der Waals surface area (Å²) in [4.78, 5) is 17.1. The smallest absolute Gasteiger partial charge is 0.276 e. The molecule has 1 aliphatic rings. The van der Waals surface area contributed by atoms with Crippen molar-refractivity contribution in [3.05, 3.63) is 34.6 Å². The van der Waals surface area contributed by atoms with E-state index >= 15 is 0 Å². The number of thiazole rings is 1. The second-order valence-corrected chi connectivity index (χ2v) is 7.67. The maximum absolute atomic E-state index is 12.6. The standard InChI is InChI=1S/C18H21N5O2S/c1-10-20-14-8-16(25-2)13(9-17(14)26-10)21-18(24)15-7-12(22-23-15)11-3-5-19-6-4-11/h7-9,11,19H,3-6H2,1-2H3,(H,21,24)(H,22,23). The van der Waals surface area contributed by atoms with E-state index in [1.54, 1.807) is 18.4 Å². The minimum Gasteiger partial charge on any atom is -0.494 e. The Kier molecular flexibility index (Phi) is 4.60. The lowest BCUT2D eigenvalue weighted by Gasteiger charge is -2.20. The van der Waals surface area contributed by atoms with Gasteiger partial charge in [0, 0.05) is 17.7 Å². The number of H-pyrrole nitrogens is 1. The van der Waals surface area contributed by atoms with Gasteiger partial charge in [-0.05, 0) is 45.0 Å². The van der Waals surface area contributed by atoms with E-state index in [0.29, 0.717) is 23.0 Å². The molecule has 2 aromatic heterocycles. The van der Waals surface area contributed by atoms with E-state index in [0.717, 1.165) is 46.8 Å². The summed E-state index contributed by atoms with van der Waals surface area (Å²) in [5.74, 6) is 0.766. The second-order valence-electron chi connectivity index (χ2n) is 6.44. The quantitative estimate of drug-likeness (QED) is 0.656. The summed E-state index contributed by atoms with van der Waals surface area (Å²) in [6.45, 7) is 3.95. The van der Waals surface area contributed by atoms with Crippen molar-refractivity contribution < 1.29 is 9.53 Å². The molecule has 1 fully saturated rings. The highest BCUT2D eigenvalue weighted by atomic mass is 32.1. The summed E-state index contributed by atoms with van der Waals surface area (Å²) in [6, 6.07) is 5.60. The highest BCUT2D eigenvalue weighted by molar-refractivity contribution is 7.18. The lowest BCUT2D eigenvalue weighted by atomic mass is 9.94. The topological polar surface area (TPSA) is 91.9 Å². The molecule has 0 saturated carbocycles. The van der Waals surface area contributed by atoms with Crippen molar-refractivity contribution in [3.8, 4) is 5.75 Å². The van der Waals surface area contributed by atoms with Crippen LogP contribution in [0.3, 0.4) is 0 Å². The number of carbonyl (C=O) groups is 1. The van der Waals surface area contributed by atoms with Crippen LogP contribution in [0.4, 0.5) is 5.69 Å². The number of aromatic amines is 1. The molecule has 0 radical (unpaired) electrons. The number of nitrogens with one attached hydrogen (secondary N) is 3. The molecule has 0 unspecified atom stereocenters. The number of aryl methyl sites for hydroxylation is 1. The number of nitrogens with zero attached hydrogens (tertiary/aromatic N) is 2. The molecular formula is C18H21N5O2S. The predicted molar refractivity (Wildman–Crippen MR) is 102 cm³/mol. The van der Waals surface area contributed by atoms with Crippen LogP contribution < -0.4 is 15.4 Å². The van der Waals surface area contributed by atoms with Gasteiger partial charge < -0.3 is 15.4 Å². The molecule has 1 aliphatic heterocycles. The third kappa shape index (κ3) is 3.30. The van der Waals surface area contributed by atoms with Gasteiger partial charge in [-0.3, -0.25) is 9.89 Å². The van der Waals surface area contributed by atoms with E-state index in [9.17, 15) is 4.79 Å². The van der Waals surface area contributed by atoms with Gasteiger partial charge in [-0.25, -0.2) is 4.98 Å². The van der Waals surface area contributed by atoms with Crippen molar-refractivity contribution in [2.45, 2.75) is 25.7 Å². The molecule has 1 amide bonds. The third-order valence-electron chi connectivity index (χ3n) is 4.67. The number of aromatic nitrogens is 3. The second kappa shape index (κ2) is 7.05. The fraction of sp³-hybridized carbons (Fsp3) is 0.389. The largest absolute Gasteiger partial charge is 0.494 e. The van der Waals surface area contributed by atoms with Crippen LogP contribution in [0.15, 0.2) is 18.2 Å². The first-order valence-electron chi connectivity index (χ1n) is 8.66. The van der Waals surface area contributed by atoms with Crippen LogP contribution in [0.2, 0.25) is 0 Å². The van der Waals surface area contributed by atoms with Gasteiger partial charge in [-0.1, -0.05) is 0 Å².